The van der Waals surface area contributed by atoms with Crippen LogP contribution in [0.1, 0.15) is 26.3 Å². The highest BCUT2D eigenvalue weighted by Crippen LogP contribution is 2.01. The summed E-state index contributed by atoms with van der Waals surface area (Å²) in [5.41, 5.74) is 1.18. The Morgan fingerprint density at radius 2 is 1.95 bits per heavy atom. The zero-order chi connectivity index (χ0) is 14.1. The van der Waals surface area contributed by atoms with E-state index in [0.29, 0.717) is 19.8 Å². The lowest BCUT2D eigenvalue weighted by Gasteiger charge is -2.22. The Balaban J connectivity index is 2.12. The predicted octanol–water partition coefficient (Wildman–Crippen LogP) is 2.47. The molecule has 0 aliphatic rings. The van der Waals surface area contributed by atoms with Crippen LogP contribution in [0, 0.1) is 0 Å². The van der Waals surface area contributed by atoms with Crippen LogP contribution in [0.3, 0.4) is 0 Å². The average Bonchev–Trinajstić information content (AvgIpc) is 2.36. The summed E-state index contributed by atoms with van der Waals surface area (Å²) >= 11 is 0. The van der Waals surface area contributed by atoms with E-state index >= 15 is 0 Å². The van der Waals surface area contributed by atoms with E-state index in [1.807, 2.05) is 42.5 Å². The molecule has 0 radical (unpaired) electrons. The van der Waals surface area contributed by atoms with E-state index in [4.69, 9.17) is 4.74 Å². The molecule has 2 N–H and O–H groups in total. The molecular formula is C16H25NO2. The number of aliphatic hydroxyl groups excluding tert-OH is 1. The van der Waals surface area contributed by atoms with E-state index < -0.39 is 6.10 Å². The van der Waals surface area contributed by atoms with Gasteiger partial charge >= 0.3 is 0 Å². The number of nitrogens with one attached hydrogen (secondary N) is 1. The van der Waals surface area contributed by atoms with Gasteiger partial charge in [-0.05, 0) is 26.3 Å². The van der Waals surface area contributed by atoms with Crippen LogP contribution in [0.25, 0.3) is 6.08 Å². The first-order chi connectivity index (χ1) is 8.97. The zero-order valence-corrected chi connectivity index (χ0v) is 12.1. The highest BCUT2D eigenvalue weighted by Gasteiger charge is 2.11. The van der Waals surface area contributed by atoms with Crippen molar-refractivity contribution in [1.29, 1.82) is 0 Å². The lowest BCUT2D eigenvalue weighted by Crippen LogP contribution is -2.42. The second-order valence-corrected chi connectivity index (χ2v) is 5.64. The summed E-state index contributed by atoms with van der Waals surface area (Å²) in [6, 6.07) is 10.1. The highest BCUT2D eigenvalue weighted by molar-refractivity contribution is 5.48. The van der Waals surface area contributed by atoms with Gasteiger partial charge in [0.2, 0.25) is 0 Å². The summed E-state index contributed by atoms with van der Waals surface area (Å²) in [6.45, 7) is 7.63. The lowest BCUT2D eigenvalue weighted by molar-refractivity contribution is 0.0462. The first kappa shape index (κ1) is 15.9. The van der Waals surface area contributed by atoms with E-state index in [2.05, 4.69) is 26.1 Å². The maximum absolute atomic E-state index is 9.72. The molecule has 1 aromatic carbocycles. The molecule has 1 atom stereocenters. The van der Waals surface area contributed by atoms with Crippen molar-refractivity contribution in [2.75, 3.05) is 19.8 Å². The molecule has 0 saturated carbocycles. The van der Waals surface area contributed by atoms with E-state index in [-0.39, 0.29) is 5.54 Å². The van der Waals surface area contributed by atoms with Crippen molar-refractivity contribution in [3.63, 3.8) is 0 Å². The molecule has 0 aromatic heterocycles. The number of β-amino-alcohol motifs (C(OH)–C–C–N with tert-alkyl or cyclic N) is 1. The third kappa shape index (κ3) is 8.54. The van der Waals surface area contributed by atoms with Crippen molar-refractivity contribution < 1.29 is 9.84 Å². The fourth-order valence-corrected chi connectivity index (χ4v) is 1.50. The molecule has 0 saturated heterocycles. The van der Waals surface area contributed by atoms with Crippen LogP contribution in [0.2, 0.25) is 0 Å². The maximum Gasteiger partial charge on any atom is 0.0898 e. The minimum atomic E-state index is -0.468. The van der Waals surface area contributed by atoms with Crippen molar-refractivity contribution in [1.82, 2.24) is 5.32 Å². The van der Waals surface area contributed by atoms with E-state index in [9.17, 15) is 5.11 Å². The predicted molar refractivity (Wildman–Crippen MR) is 80.1 cm³/mol. The monoisotopic (exact) mass is 263 g/mol. The van der Waals surface area contributed by atoms with Crippen LogP contribution in [-0.4, -0.2) is 36.5 Å². The van der Waals surface area contributed by atoms with Crippen molar-refractivity contribution >= 4 is 6.08 Å². The third-order valence-corrected chi connectivity index (χ3v) is 2.50. The van der Waals surface area contributed by atoms with Gasteiger partial charge in [0.25, 0.3) is 0 Å². The molecule has 19 heavy (non-hydrogen) atoms. The first-order valence-corrected chi connectivity index (χ1v) is 6.70. The van der Waals surface area contributed by atoms with Gasteiger partial charge in [-0.15, -0.1) is 0 Å². The Hall–Kier alpha value is -1.16. The Labute approximate surface area is 116 Å². The summed E-state index contributed by atoms with van der Waals surface area (Å²) < 4.78 is 5.41. The van der Waals surface area contributed by atoms with Gasteiger partial charge in [-0.3, -0.25) is 0 Å². The molecule has 0 amide bonds. The van der Waals surface area contributed by atoms with Gasteiger partial charge in [-0.2, -0.15) is 0 Å². The van der Waals surface area contributed by atoms with Crippen LogP contribution < -0.4 is 5.32 Å². The van der Waals surface area contributed by atoms with E-state index in [1.54, 1.807) is 0 Å². The van der Waals surface area contributed by atoms with E-state index in [0.717, 1.165) is 5.56 Å². The van der Waals surface area contributed by atoms with Crippen molar-refractivity contribution in [3.8, 4) is 0 Å². The molecule has 0 spiro atoms. The summed E-state index contributed by atoms with van der Waals surface area (Å²) in [5.74, 6) is 0. The molecule has 3 nitrogen and oxygen atoms in total. The van der Waals surface area contributed by atoms with Gasteiger partial charge in [-0.25, -0.2) is 0 Å². The minimum absolute atomic E-state index is 0.0220. The van der Waals surface area contributed by atoms with Crippen molar-refractivity contribution in [2.24, 2.45) is 0 Å². The van der Waals surface area contributed by atoms with Crippen LogP contribution in [0.4, 0.5) is 0 Å². The number of hydrogen-bond acceptors (Lipinski definition) is 3. The third-order valence-electron chi connectivity index (χ3n) is 2.50. The molecule has 3 heteroatoms. The second-order valence-electron chi connectivity index (χ2n) is 5.64. The number of rotatable bonds is 7. The molecule has 106 valence electrons. The zero-order valence-electron chi connectivity index (χ0n) is 12.1. The van der Waals surface area contributed by atoms with E-state index in [1.165, 1.54) is 0 Å². The van der Waals surface area contributed by atoms with Crippen molar-refractivity contribution in [3.05, 3.63) is 42.0 Å². The standard InChI is InChI=1S/C16H25NO2/c1-16(2,3)17-12-15(18)13-19-11-7-10-14-8-5-4-6-9-14/h4-10,15,17-18H,11-13H2,1-3H3/b10-7+. The number of hydrogen-bond donors (Lipinski definition) is 2. The Bertz CT molecular complexity index is 368. The number of aliphatic hydroxyl groups is 1. The number of ether oxygens (including phenoxy) is 1. The fraction of sp³-hybridized carbons (Fsp3) is 0.500. The van der Waals surface area contributed by atoms with Crippen LogP contribution in [-0.2, 0) is 4.74 Å². The quantitative estimate of drug-likeness (QED) is 0.743. The summed E-state index contributed by atoms with van der Waals surface area (Å²) in [5, 5.41) is 13.0. The first-order valence-electron chi connectivity index (χ1n) is 6.70. The largest absolute Gasteiger partial charge is 0.389 e. The summed E-state index contributed by atoms with van der Waals surface area (Å²) in [7, 11) is 0. The van der Waals surface area contributed by atoms with Gasteiger partial charge in [0.05, 0.1) is 19.3 Å². The van der Waals surface area contributed by atoms with Crippen LogP contribution >= 0.6 is 0 Å². The Morgan fingerprint density at radius 3 is 2.58 bits per heavy atom. The second kappa shape index (κ2) is 8.10. The maximum atomic E-state index is 9.72. The molecule has 1 unspecified atom stereocenters. The molecule has 1 aromatic rings. The van der Waals surface area contributed by atoms with Gasteiger partial charge in [0.15, 0.2) is 0 Å². The average molecular weight is 263 g/mol. The van der Waals surface area contributed by atoms with Gasteiger partial charge in [0.1, 0.15) is 0 Å². The van der Waals surface area contributed by atoms with Gasteiger partial charge in [0, 0.05) is 12.1 Å². The topological polar surface area (TPSA) is 41.5 Å². The smallest absolute Gasteiger partial charge is 0.0898 e. The van der Waals surface area contributed by atoms with Gasteiger partial charge in [-0.1, -0.05) is 42.5 Å². The van der Waals surface area contributed by atoms with Gasteiger partial charge < -0.3 is 15.2 Å². The van der Waals surface area contributed by atoms with Crippen LogP contribution in [0.15, 0.2) is 36.4 Å². The molecular weight excluding hydrogens is 238 g/mol. The Kier molecular flexibility index (Phi) is 6.78. The lowest BCUT2D eigenvalue weighted by atomic mass is 10.1. The number of benzene rings is 1. The molecule has 1 rings (SSSR count). The summed E-state index contributed by atoms with van der Waals surface area (Å²) in [6.07, 6.45) is 3.50. The Morgan fingerprint density at radius 1 is 1.26 bits per heavy atom. The SMILES string of the molecule is CC(C)(C)NCC(O)COC/C=C/c1ccccc1. The van der Waals surface area contributed by atoms with Crippen molar-refractivity contribution in [2.45, 2.75) is 32.4 Å². The van der Waals surface area contributed by atoms with Crippen LogP contribution in [0.5, 0.6) is 0 Å². The normalized spacial score (nSPS) is 13.9. The minimum Gasteiger partial charge on any atom is -0.389 e. The molecule has 0 bridgehead atoms. The summed E-state index contributed by atoms with van der Waals surface area (Å²) in [4.78, 5) is 0. The molecule has 0 aliphatic carbocycles. The molecule has 0 fully saturated rings. The molecule has 0 aliphatic heterocycles. The molecule has 0 heterocycles. The fourth-order valence-electron chi connectivity index (χ4n) is 1.50. The highest BCUT2D eigenvalue weighted by atomic mass is 16.5.